The zero-order chi connectivity index (χ0) is 29.0. The molecule has 5 rings (SSSR count). The topological polar surface area (TPSA) is 127 Å². The van der Waals surface area contributed by atoms with Crippen LogP contribution in [0.1, 0.15) is 11.1 Å². The minimum absolute atomic E-state index is 0.0209. The van der Waals surface area contributed by atoms with Gasteiger partial charge in [0.05, 0.1) is 35.2 Å². The Labute approximate surface area is 234 Å². The molecule has 0 N–H and O–H groups in total. The predicted octanol–water partition coefficient (Wildman–Crippen LogP) is 2.20. The summed E-state index contributed by atoms with van der Waals surface area (Å²) in [6, 6.07) is 12.9. The van der Waals surface area contributed by atoms with Crippen molar-refractivity contribution in [2.75, 3.05) is 40.4 Å². The number of methoxy groups -OCH3 is 2. The fourth-order valence-electron chi connectivity index (χ4n) is 5.75. The van der Waals surface area contributed by atoms with Gasteiger partial charge in [-0.3, -0.25) is 0 Å². The van der Waals surface area contributed by atoms with Crippen LogP contribution in [0.5, 0.6) is 0 Å². The monoisotopic (exact) mass is 586 g/mol. The minimum Gasteiger partial charge on any atom is -0.465 e. The summed E-state index contributed by atoms with van der Waals surface area (Å²) in [6.07, 6.45) is 0. The van der Waals surface area contributed by atoms with Gasteiger partial charge in [0.15, 0.2) is 0 Å². The van der Waals surface area contributed by atoms with Crippen molar-refractivity contribution in [1.29, 1.82) is 0 Å². The van der Waals surface area contributed by atoms with Crippen LogP contribution < -0.4 is 0 Å². The SMILES string of the molecule is COC(=O)C1=C2CN(S(=O)(=O)c3ccc(C)cc3)CC2C2CN(S(=O)(=O)c3ccc(C)cc3)CC2=C1C(=O)OC. The molecule has 40 heavy (non-hydrogen) atoms. The molecular weight excluding hydrogens is 556 g/mol. The van der Waals surface area contributed by atoms with E-state index in [2.05, 4.69) is 0 Å². The summed E-state index contributed by atoms with van der Waals surface area (Å²) < 4.78 is 67.0. The fourth-order valence-corrected chi connectivity index (χ4v) is 8.64. The van der Waals surface area contributed by atoms with Gasteiger partial charge < -0.3 is 9.47 Å². The van der Waals surface area contributed by atoms with Crippen LogP contribution in [0.25, 0.3) is 0 Å². The van der Waals surface area contributed by atoms with Crippen LogP contribution in [0.15, 0.2) is 80.6 Å². The number of ether oxygens (including phenoxy) is 2. The number of hydrogen-bond donors (Lipinski definition) is 0. The van der Waals surface area contributed by atoms with Crippen molar-refractivity contribution < 1.29 is 35.9 Å². The van der Waals surface area contributed by atoms with E-state index >= 15 is 0 Å². The quantitative estimate of drug-likeness (QED) is 0.472. The maximum Gasteiger partial charge on any atom is 0.338 e. The number of benzene rings is 2. The molecule has 2 aromatic rings. The van der Waals surface area contributed by atoms with Crippen LogP contribution in [-0.4, -0.2) is 77.8 Å². The first-order valence-electron chi connectivity index (χ1n) is 12.7. The first-order chi connectivity index (χ1) is 18.9. The molecule has 3 aliphatic rings. The van der Waals surface area contributed by atoms with E-state index in [0.29, 0.717) is 11.1 Å². The molecule has 212 valence electrons. The normalized spacial score (nSPS) is 21.8. The van der Waals surface area contributed by atoms with Gasteiger partial charge in [0, 0.05) is 38.0 Å². The van der Waals surface area contributed by atoms with Crippen molar-refractivity contribution in [3.63, 3.8) is 0 Å². The van der Waals surface area contributed by atoms with Crippen molar-refractivity contribution >= 4 is 32.0 Å². The van der Waals surface area contributed by atoms with E-state index in [1.54, 1.807) is 24.3 Å². The smallest absolute Gasteiger partial charge is 0.338 e. The van der Waals surface area contributed by atoms with Gasteiger partial charge in [0.1, 0.15) is 0 Å². The minimum atomic E-state index is -3.95. The number of carbonyl (C=O) groups is 2. The average Bonchev–Trinajstić information content (AvgIpc) is 3.58. The molecule has 2 saturated heterocycles. The zero-order valence-electron chi connectivity index (χ0n) is 22.6. The average molecular weight is 587 g/mol. The molecule has 2 fully saturated rings. The lowest BCUT2D eigenvalue weighted by Gasteiger charge is -2.29. The molecule has 2 aromatic carbocycles. The highest BCUT2D eigenvalue weighted by molar-refractivity contribution is 7.89. The van der Waals surface area contributed by atoms with Crippen molar-refractivity contribution in [2.45, 2.75) is 23.6 Å². The van der Waals surface area contributed by atoms with E-state index in [0.717, 1.165) is 11.1 Å². The molecule has 0 bridgehead atoms. The Hall–Kier alpha value is -3.32. The third-order valence-corrected chi connectivity index (χ3v) is 11.5. The van der Waals surface area contributed by atoms with Crippen molar-refractivity contribution in [3.05, 3.63) is 82.0 Å². The summed E-state index contributed by atoms with van der Waals surface area (Å²) in [6.45, 7) is 3.47. The molecule has 1 aliphatic carbocycles. The number of rotatable bonds is 6. The third-order valence-electron chi connectivity index (χ3n) is 7.86. The summed E-state index contributed by atoms with van der Waals surface area (Å²) in [5.41, 5.74) is 2.55. The number of carbonyl (C=O) groups excluding carboxylic acids is 2. The molecule has 0 spiro atoms. The number of aryl methyl sites for hydroxylation is 2. The van der Waals surface area contributed by atoms with Crippen LogP contribution in [0.4, 0.5) is 0 Å². The standard InChI is InChI=1S/C28H30N2O8S2/c1-17-5-9-19(10-6-17)39(33,34)29-13-21-22-14-30(40(35,36)20-11-7-18(2)8-12-20)16-24(22)26(28(32)38-4)25(23(21)15-29)27(31)37-3/h5-12,21-22H,13-16H2,1-4H3. The Balaban J connectivity index is 1.61. The van der Waals surface area contributed by atoms with Gasteiger partial charge in [-0.15, -0.1) is 0 Å². The van der Waals surface area contributed by atoms with E-state index in [1.165, 1.54) is 47.1 Å². The van der Waals surface area contributed by atoms with Crippen molar-refractivity contribution in [3.8, 4) is 0 Å². The van der Waals surface area contributed by atoms with E-state index < -0.39 is 43.8 Å². The Morgan fingerprint density at radius 1 is 0.650 bits per heavy atom. The maximum atomic E-state index is 13.6. The highest BCUT2D eigenvalue weighted by Gasteiger charge is 2.52. The third kappa shape index (κ3) is 4.58. The van der Waals surface area contributed by atoms with Crippen molar-refractivity contribution in [2.24, 2.45) is 11.8 Å². The Kier molecular flexibility index (Phi) is 7.24. The molecule has 2 aliphatic heterocycles. The Morgan fingerprint density at radius 2 is 0.975 bits per heavy atom. The van der Waals surface area contributed by atoms with E-state index in [9.17, 15) is 26.4 Å². The second-order valence-corrected chi connectivity index (χ2v) is 14.1. The maximum absolute atomic E-state index is 13.6. The zero-order valence-corrected chi connectivity index (χ0v) is 24.2. The lowest BCUT2D eigenvalue weighted by molar-refractivity contribution is -0.139. The van der Waals surface area contributed by atoms with Gasteiger partial charge in [0.25, 0.3) is 0 Å². The second-order valence-electron chi connectivity index (χ2n) is 10.2. The second kappa shape index (κ2) is 10.3. The number of fused-ring (bicyclic) bond motifs is 3. The van der Waals surface area contributed by atoms with Gasteiger partial charge in [-0.2, -0.15) is 8.61 Å². The molecule has 0 aromatic heterocycles. The highest BCUT2D eigenvalue weighted by atomic mass is 32.2. The predicted molar refractivity (Wildman–Crippen MR) is 145 cm³/mol. The molecule has 2 heterocycles. The molecule has 12 heteroatoms. The first kappa shape index (κ1) is 28.2. The van der Waals surface area contributed by atoms with E-state index in [4.69, 9.17) is 9.47 Å². The summed E-state index contributed by atoms with van der Waals surface area (Å²) in [7, 11) is -5.55. The first-order valence-corrected chi connectivity index (χ1v) is 15.5. The van der Waals surface area contributed by atoms with E-state index in [1.807, 2.05) is 13.8 Å². The van der Waals surface area contributed by atoms with Gasteiger partial charge >= 0.3 is 11.9 Å². The molecule has 0 radical (unpaired) electrons. The highest BCUT2D eigenvalue weighted by Crippen LogP contribution is 2.48. The number of sulfonamides is 2. The number of esters is 2. The Morgan fingerprint density at radius 3 is 1.27 bits per heavy atom. The van der Waals surface area contributed by atoms with Crippen LogP contribution in [0, 0.1) is 25.7 Å². The Bertz CT molecular complexity index is 1530. The fraction of sp³-hybridized carbons (Fsp3) is 0.357. The van der Waals surface area contributed by atoms with Crippen LogP contribution in [-0.2, 0) is 39.1 Å². The molecule has 2 unspecified atom stereocenters. The van der Waals surface area contributed by atoms with Crippen LogP contribution in [0.3, 0.4) is 0 Å². The summed E-state index contributed by atoms with van der Waals surface area (Å²) >= 11 is 0. The van der Waals surface area contributed by atoms with Gasteiger partial charge in [-0.25, -0.2) is 26.4 Å². The van der Waals surface area contributed by atoms with Crippen LogP contribution in [0.2, 0.25) is 0 Å². The molecule has 0 saturated carbocycles. The van der Waals surface area contributed by atoms with Crippen molar-refractivity contribution in [1.82, 2.24) is 8.61 Å². The lowest BCUT2D eigenvalue weighted by atomic mass is 9.74. The molecular formula is C28H30N2O8S2. The van der Waals surface area contributed by atoms with E-state index in [-0.39, 0.29) is 47.1 Å². The molecule has 10 nitrogen and oxygen atoms in total. The van der Waals surface area contributed by atoms with Gasteiger partial charge in [0.2, 0.25) is 20.0 Å². The largest absolute Gasteiger partial charge is 0.465 e. The van der Waals surface area contributed by atoms with Gasteiger partial charge in [-0.1, -0.05) is 35.4 Å². The number of nitrogens with zero attached hydrogens (tertiary/aromatic N) is 2. The summed E-state index contributed by atoms with van der Waals surface area (Å²) in [4.78, 5) is 26.4. The van der Waals surface area contributed by atoms with Gasteiger partial charge in [-0.05, 0) is 49.3 Å². The molecule has 2 atom stereocenters. The summed E-state index contributed by atoms with van der Waals surface area (Å²) in [5, 5.41) is 0. The van der Waals surface area contributed by atoms with Crippen LogP contribution >= 0.6 is 0 Å². The molecule has 0 amide bonds. The number of hydrogen-bond acceptors (Lipinski definition) is 8. The summed E-state index contributed by atoms with van der Waals surface area (Å²) in [5.74, 6) is -2.67. The lowest BCUT2D eigenvalue weighted by Crippen LogP contribution is -2.33.